The predicted octanol–water partition coefficient (Wildman–Crippen LogP) is 1.48. The molecule has 1 unspecified atom stereocenters. The normalized spacial score (nSPS) is 11.7. The number of benzene rings is 1. The molecule has 1 heterocycles. The van der Waals surface area contributed by atoms with Crippen molar-refractivity contribution in [3.05, 3.63) is 60.7 Å². The highest BCUT2D eigenvalue weighted by atomic mass is 16.4. The van der Waals surface area contributed by atoms with E-state index in [2.05, 4.69) is 22.0 Å². The number of carboxylic acid groups (broad SMARTS) is 1. The lowest BCUT2D eigenvalue weighted by atomic mass is 10.1. The fraction of sp³-hybridized carbons (Fsp3) is 0.250. The van der Waals surface area contributed by atoms with Crippen LogP contribution in [-0.2, 0) is 11.3 Å². The van der Waals surface area contributed by atoms with E-state index in [9.17, 15) is 14.7 Å². The molecule has 120 valence electrons. The minimum atomic E-state index is -1.06. The number of hydrogen-bond donors (Lipinski definition) is 2. The van der Waals surface area contributed by atoms with Gasteiger partial charge in [-0.15, -0.1) is 6.58 Å². The van der Waals surface area contributed by atoms with Crippen LogP contribution in [0.1, 0.15) is 28.8 Å². The van der Waals surface area contributed by atoms with Gasteiger partial charge in [-0.05, 0) is 24.5 Å². The van der Waals surface area contributed by atoms with Gasteiger partial charge in [-0.3, -0.25) is 4.79 Å². The van der Waals surface area contributed by atoms with E-state index >= 15 is 0 Å². The maximum atomic E-state index is 12.4. The zero-order chi connectivity index (χ0) is 16.7. The van der Waals surface area contributed by atoms with Gasteiger partial charge in [0.05, 0.1) is 6.54 Å². The zero-order valence-electron chi connectivity index (χ0n) is 12.6. The topological polar surface area (TPSA) is 97.1 Å². The Hall–Kier alpha value is -2.96. The van der Waals surface area contributed by atoms with E-state index in [1.807, 2.05) is 6.07 Å². The Morgan fingerprint density at radius 1 is 1.39 bits per heavy atom. The number of aliphatic carboxylic acids is 1. The van der Waals surface area contributed by atoms with E-state index < -0.39 is 17.9 Å². The van der Waals surface area contributed by atoms with Crippen LogP contribution in [0.2, 0.25) is 0 Å². The van der Waals surface area contributed by atoms with Crippen molar-refractivity contribution >= 4 is 11.9 Å². The summed E-state index contributed by atoms with van der Waals surface area (Å²) in [4.78, 5) is 27.5. The number of nitrogens with zero attached hydrogens (tertiary/aromatic N) is 3. The number of amides is 1. The van der Waals surface area contributed by atoms with Crippen molar-refractivity contribution in [3.8, 4) is 0 Å². The van der Waals surface area contributed by atoms with Gasteiger partial charge in [0.15, 0.2) is 0 Å². The van der Waals surface area contributed by atoms with Crippen LogP contribution in [0.15, 0.2) is 49.6 Å². The highest BCUT2D eigenvalue weighted by Gasteiger charge is 2.21. The molecule has 0 aliphatic rings. The lowest BCUT2D eigenvalue weighted by Crippen LogP contribution is -2.41. The minimum Gasteiger partial charge on any atom is -0.480 e. The van der Waals surface area contributed by atoms with E-state index in [0.29, 0.717) is 24.9 Å². The molecule has 2 aromatic rings. The van der Waals surface area contributed by atoms with E-state index in [0.717, 1.165) is 5.56 Å². The SMILES string of the molecule is C=CCCC(NC(=O)c1ccccc1Cn1cncn1)C(=O)O. The Labute approximate surface area is 133 Å². The quantitative estimate of drug-likeness (QED) is 0.719. The Bertz CT molecular complexity index is 682. The van der Waals surface area contributed by atoms with E-state index in [4.69, 9.17) is 0 Å². The van der Waals surface area contributed by atoms with Crippen LogP contribution < -0.4 is 5.32 Å². The number of rotatable bonds is 8. The van der Waals surface area contributed by atoms with Gasteiger partial charge in [0, 0.05) is 5.56 Å². The van der Waals surface area contributed by atoms with E-state index in [1.165, 1.54) is 6.33 Å². The molecule has 0 radical (unpaired) electrons. The summed E-state index contributed by atoms with van der Waals surface area (Å²) in [6.07, 6.45) is 5.41. The van der Waals surface area contributed by atoms with Crippen LogP contribution in [0.4, 0.5) is 0 Å². The van der Waals surface area contributed by atoms with Crippen molar-refractivity contribution in [2.45, 2.75) is 25.4 Å². The third-order valence-electron chi connectivity index (χ3n) is 3.32. The molecular weight excluding hydrogens is 296 g/mol. The van der Waals surface area contributed by atoms with Gasteiger partial charge >= 0.3 is 5.97 Å². The second kappa shape index (κ2) is 7.88. The summed E-state index contributed by atoms with van der Waals surface area (Å²) in [7, 11) is 0. The molecule has 0 saturated heterocycles. The summed E-state index contributed by atoms with van der Waals surface area (Å²) < 4.78 is 1.60. The number of nitrogens with one attached hydrogen (secondary N) is 1. The van der Waals surface area contributed by atoms with Crippen LogP contribution in [0, 0.1) is 0 Å². The molecule has 0 aliphatic heterocycles. The second-order valence-electron chi connectivity index (χ2n) is 4.98. The van der Waals surface area contributed by atoms with E-state index in [-0.39, 0.29) is 0 Å². The summed E-state index contributed by atoms with van der Waals surface area (Å²) in [5.41, 5.74) is 1.16. The number of allylic oxidation sites excluding steroid dienone is 1. The van der Waals surface area contributed by atoms with Crippen molar-refractivity contribution < 1.29 is 14.7 Å². The first kappa shape index (κ1) is 16.4. The summed E-state index contributed by atoms with van der Waals surface area (Å²) in [5.74, 6) is -1.48. The standard InChI is InChI=1S/C16H18N4O3/c1-2-3-8-14(16(22)23)19-15(21)13-7-5-4-6-12(13)9-20-11-17-10-18-20/h2,4-7,10-11,14H,1,3,8-9H2,(H,19,21)(H,22,23). The van der Waals surface area contributed by atoms with Gasteiger partial charge in [0.1, 0.15) is 18.7 Å². The number of hydrogen-bond acceptors (Lipinski definition) is 4. The van der Waals surface area contributed by atoms with Crippen LogP contribution in [-0.4, -0.2) is 37.8 Å². The van der Waals surface area contributed by atoms with Gasteiger partial charge < -0.3 is 10.4 Å². The van der Waals surface area contributed by atoms with Crippen LogP contribution in [0.5, 0.6) is 0 Å². The van der Waals surface area contributed by atoms with Crippen LogP contribution in [0.3, 0.4) is 0 Å². The fourth-order valence-corrected chi connectivity index (χ4v) is 2.15. The summed E-state index contributed by atoms with van der Waals surface area (Å²) >= 11 is 0. The van der Waals surface area contributed by atoms with Crippen molar-refractivity contribution in [2.24, 2.45) is 0 Å². The lowest BCUT2D eigenvalue weighted by molar-refractivity contribution is -0.139. The molecule has 2 N–H and O–H groups in total. The van der Waals surface area contributed by atoms with Gasteiger partial charge in [0.25, 0.3) is 5.91 Å². The highest BCUT2D eigenvalue weighted by molar-refractivity contribution is 5.97. The largest absolute Gasteiger partial charge is 0.480 e. The van der Waals surface area contributed by atoms with Crippen molar-refractivity contribution in [3.63, 3.8) is 0 Å². The maximum absolute atomic E-state index is 12.4. The Morgan fingerprint density at radius 3 is 2.83 bits per heavy atom. The van der Waals surface area contributed by atoms with Crippen LogP contribution in [0.25, 0.3) is 0 Å². The third-order valence-corrected chi connectivity index (χ3v) is 3.32. The Balaban J connectivity index is 2.15. The number of aromatic nitrogens is 3. The first-order valence-corrected chi connectivity index (χ1v) is 7.16. The highest BCUT2D eigenvalue weighted by Crippen LogP contribution is 2.11. The average Bonchev–Trinajstić information content (AvgIpc) is 3.04. The number of carbonyl (C=O) groups is 2. The minimum absolute atomic E-state index is 0.301. The Kier molecular flexibility index (Phi) is 5.62. The summed E-state index contributed by atoms with van der Waals surface area (Å²) in [6, 6.07) is 6.07. The van der Waals surface area contributed by atoms with E-state index in [1.54, 1.807) is 35.3 Å². The maximum Gasteiger partial charge on any atom is 0.326 e. The summed E-state index contributed by atoms with van der Waals surface area (Å²) in [5, 5.41) is 15.8. The smallest absolute Gasteiger partial charge is 0.326 e. The van der Waals surface area contributed by atoms with Gasteiger partial charge in [-0.25, -0.2) is 14.5 Å². The zero-order valence-corrected chi connectivity index (χ0v) is 12.6. The van der Waals surface area contributed by atoms with Gasteiger partial charge in [0.2, 0.25) is 0 Å². The monoisotopic (exact) mass is 314 g/mol. The molecule has 1 aromatic heterocycles. The first-order chi connectivity index (χ1) is 11.1. The fourth-order valence-electron chi connectivity index (χ4n) is 2.15. The third kappa shape index (κ3) is 4.50. The molecule has 1 amide bonds. The second-order valence-corrected chi connectivity index (χ2v) is 4.98. The molecule has 0 spiro atoms. The average molecular weight is 314 g/mol. The molecule has 0 fully saturated rings. The predicted molar refractivity (Wildman–Crippen MR) is 83.9 cm³/mol. The molecule has 0 aliphatic carbocycles. The first-order valence-electron chi connectivity index (χ1n) is 7.16. The number of carboxylic acids is 1. The number of carbonyl (C=O) groups excluding carboxylic acids is 1. The molecule has 0 bridgehead atoms. The molecule has 0 saturated carbocycles. The van der Waals surface area contributed by atoms with Crippen molar-refractivity contribution in [1.29, 1.82) is 0 Å². The molecule has 2 rings (SSSR count). The molecule has 23 heavy (non-hydrogen) atoms. The molecular formula is C16H18N4O3. The lowest BCUT2D eigenvalue weighted by Gasteiger charge is -2.15. The van der Waals surface area contributed by atoms with Crippen LogP contribution >= 0.6 is 0 Å². The molecule has 7 heteroatoms. The van der Waals surface area contributed by atoms with Crippen molar-refractivity contribution in [1.82, 2.24) is 20.1 Å². The summed E-state index contributed by atoms with van der Waals surface area (Å²) in [6.45, 7) is 3.95. The van der Waals surface area contributed by atoms with Crippen molar-refractivity contribution in [2.75, 3.05) is 0 Å². The van der Waals surface area contributed by atoms with Gasteiger partial charge in [-0.1, -0.05) is 24.3 Å². The molecule has 1 aromatic carbocycles. The Morgan fingerprint density at radius 2 is 2.17 bits per heavy atom. The molecule has 1 atom stereocenters. The molecule has 7 nitrogen and oxygen atoms in total. The van der Waals surface area contributed by atoms with Gasteiger partial charge in [-0.2, -0.15) is 5.10 Å².